The summed E-state index contributed by atoms with van der Waals surface area (Å²) in [5.41, 5.74) is 1.27. The molecule has 25 heavy (non-hydrogen) atoms. The second-order valence-corrected chi connectivity index (χ2v) is 4.97. The number of nitrogens with one attached hydrogen (secondary N) is 3. The van der Waals surface area contributed by atoms with E-state index >= 15 is 0 Å². The number of rotatable bonds is 5. The first-order valence-corrected chi connectivity index (χ1v) is 7.22. The Labute approximate surface area is 140 Å². The van der Waals surface area contributed by atoms with Crippen molar-refractivity contribution in [2.75, 3.05) is 11.9 Å². The van der Waals surface area contributed by atoms with E-state index in [4.69, 9.17) is 0 Å². The Morgan fingerprint density at radius 1 is 1.12 bits per heavy atom. The summed E-state index contributed by atoms with van der Waals surface area (Å²) in [6.07, 6.45) is 2.74. The summed E-state index contributed by atoms with van der Waals surface area (Å²) in [5.74, 6) is -0.839. The van der Waals surface area contributed by atoms with Gasteiger partial charge in [-0.1, -0.05) is 0 Å². The first-order chi connectivity index (χ1) is 12.1. The Balaban J connectivity index is 1.53. The SMILES string of the molecule is O=C(CNC(=O)c1ccc(=O)[nH]c1)Nc1ccc(-n2cnnn2)cc1. The van der Waals surface area contributed by atoms with Crippen molar-refractivity contribution in [1.29, 1.82) is 0 Å². The third kappa shape index (κ3) is 4.13. The van der Waals surface area contributed by atoms with Crippen LogP contribution in [0, 0.1) is 0 Å². The molecule has 2 heterocycles. The van der Waals surface area contributed by atoms with Gasteiger partial charge in [0.1, 0.15) is 6.33 Å². The third-order valence-electron chi connectivity index (χ3n) is 3.22. The molecule has 3 aromatic rings. The number of H-pyrrole nitrogens is 1. The Bertz CT molecular complexity index is 912. The highest BCUT2D eigenvalue weighted by Crippen LogP contribution is 2.11. The molecule has 0 unspecified atom stereocenters. The number of hydrogen-bond donors (Lipinski definition) is 3. The Morgan fingerprint density at radius 2 is 1.92 bits per heavy atom. The maximum Gasteiger partial charge on any atom is 0.253 e. The van der Waals surface area contributed by atoms with Crippen LogP contribution in [0.2, 0.25) is 0 Å². The van der Waals surface area contributed by atoms with Crippen LogP contribution in [0.4, 0.5) is 5.69 Å². The van der Waals surface area contributed by atoms with E-state index in [1.807, 2.05) is 0 Å². The summed E-state index contributed by atoms with van der Waals surface area (Å²) in [4.78, 5) is 37.1. The molecule has 10 nitrogen and oxygen atoms in total. The van der Waals surface area contributed by atoms with Crippen LogP contribution in [-0.2, 0) is 4.79 Å². The number of pyridine rings is 1. The molecular formula is C15H13N7O3. The number of aromatic amines is 1. The lowest BCUT2D eigenvalue weighted by Crippen LogP contribution is -2.33. The first-order valence-electron chi connectivity index (χ1n) is 7.22. The fraction of sp³-hybridized carbons (Fsp3) is 0.0667. The summed E-state index contributed by atoms with van der Waals surface area (Å²) in [6.45, 7) is -0.202. The van der Waals surface area contributed by atoms with E-state index in [2.05, 4.69) is 31.1 Å². The lowest BCUT2D eigenvalue weighted by molar-refractivity contribution is -0.115. The minimum Gasteiger partial charge on any atom is -0.343 e. The van der Waals surface area contributed by atoms with Crippen LogP contribution in [-0.4, -0.2) is 43.6 Å². The van der Waals surface area contributed by atoms with Crippen LogP contribution < -0.4 is 16.2 Å². The highest BCUT2D eigenvalue weighted by molar-refractivity contribution is 5.99. The van der Waals surface area contributed by atoms with Gasteiger partial charge in [-0.05, 0) is 40.8 Å². The number of benzene rings is 1. The molecule has 0 atom stereocenters. The van der Waals surface area contributed by atoms with E-state index in [1.54, 1.807) is 24.3 Å². The molecular weight excluding hydrogens is 326 g/mol. The molecule has 0 aliphatic heterocycles. The Hall–Kier alpha value is -3.82. The topological polar surface area (TPSA) is 135 Å². The average molecular weight is 339 g/mol. The van der Waals surface area contributed by atoms with E-state index in [-0.39, 0.29) is 23.6 Å². The molecule has 0 saturated heterocycles. The van der Waals surface area contributed by atoms with Crippen molar-refractivity contribution in [1.82, 2.24) is 30.5 Å². The highest BCUT2D eigenvalue weighted by atomic mass is 16.2. The zero-order chi connectivity index (χ0) is 17.6. The number of tetrazole rings is 1. The van der Waals surface area contributed by atoms with Crippen molar-refractivity contribution in [2.45, 2.75) is 0 Å². The van der Waals surface area contributed by atoms with Crippen LogP contribution in [0.15, 0.2) is 53.7 Å². The summed E-state index contributed by atoms with van der Waals surface area (Å²) in [5, 5.41) is 16.0. The number of nitrogens with zero attached hydrogens (tertiary/aromatic N) is 4. The average Bonchev–Trinajstić information content (AvgIpc) is 3.15. The van der Waals surface area contributed by atoms with Crippen molar-refractivity contribution in [3.05, 3.63) is 64.8 Å². The lowest BCUT2D eigenvalue weighted by atomic mass is 10.2. The number of carbonyl (C=O) groups excluding carboxylic acids is 2. The second-order valence-electron chi connectivity index (χ2n) is 4.97. The number of hydrogen-bond acceptors (Lipinski definition) is 6. The van der Waals surface area contributed by atoms with Crippen molar-refractivity contribution in [2.24, 2.45) is 0 Å². The zero-order valence-corrected chi connectivity index (χ0v) is 12.8. The zero-order valence-electron chi connectivity index (χ0n) is 12.8. The fourth-order valence-electron chi connectivity index (χ4n) is 2.00. The van der Waals surface area contributed by atoms with Crippen molar-refractivity contribution < 1.29 is 9.59 Å². The third-order valence-corrected chi connectivity index (χ3v) is 3.22. The number of amides is 2. The van der Waals surface area contributed by atoms with Crippen molar-refractivity contribution >= 4 is 17.5 Å². The normalized spacial score (nSPS) is 10.2. The molecule has 0 fully saturated rings. The maximum absolute atomic E-state index is 11.9. The molecule has 0 aliphatic rings. The number of anilines is 1. The summed E-state index contributed by atoms with van der Waals surface area (Å²) >= 11 is 0. The number of carbonyl (C=O) groups is 2. The molecule has 2 aromatic heterocycles. The quantitative estimate of drug-likeness (QED) is 0.585. The van der Waals surface area contributed by atoms with E-state index in [0.717, 1.165) is 5.69 Å². The van der Waals surface area contributed by atoms with E-state index < -0.39 is 5.91 Å². The van der Waals surface area contributed by atoms with Gasteiger partial charge in [-0.25, -0.2) is 4.68 Å². The van der Waals surface area contributed by atoms with Crippen LogP contribution >= 0.6 is 0 Å². The molecule has 10 heteroatoms. The van der Waals surface area contributed by atoms with Gasteiger partial charge < -0.3 is 15.6 Å². The smallest absolute Gasteiger partial charge is 0.253 e. The van der Waals surface area contributed by atoms with E-state index in [9.17, 15) is 14.4 Å². The molecule has 0 aliphatic carbocycles. The lowest BCUT2D eigenvalue weighted by Gasteiger charge is -2.07. The van der Waals surface area contributed by atoms with Gasteiger partial charge in [0, 0.05) is 18.0 Å². The largest absolute Gasteiger partial charge is 0.343 e. The molecule has 0 bridgehead atoms. The minimum absolute atomic E-state index is 0.202. The second kappa shape index (κ2) is 7.17. The first kappa shape index (κ1) is 16.1. The Kier molecular flexibility index (Phi) is 4.60. The van der Waals surface area contributed by atoms with Gasteiger partial charge in [0.05, 0.1) is 17.8 Å². The fourth-order valence-corrected chi connectivity index (χ4v) is 2.00. The maximum atomic E-state index is 11.9. The van der Waals surface area contributed by atoms with E-state index in [1.165, 1.54) is 29.3 Å². The van der Waals surface area contributed by atoms with Crippen molar-refractivity contribution in [3.8, 4) is 5.69 Å². The van der Waals surface area contributed by atoms with Crippen molar-refractivity contribution in [3.63, 3.8) is 0 Å². The number of aromatic nitrogens is 5. The minimum atomic E-state index is -0.458. The molecule has 0 spiro atoms. The van der Waals surface area contributed by atoms with Gasteiger partial charge in [0.25, 0.3) is 5.91 Å². The van der Waals surface area contributed by atoms with Gasteiger partial charge in [0.2, 0.25) is 11.5 Å². The molecule has 0 radical (unpaired) electrons. The highest BCUT2D eigenvalue weighted by Gasteiger charge is 2.08. The molecule has 2 amide bonds. The van der Waals surface area contributed by atoms with Gasteiger partial charge >= 0.3 is 0 Å². The van der Waals surface area contributed by atoms with Crippen LogP contribution in [0.25, 0.3) is 5.69 Å². The summed E-state index contributed by atoms with van der Waals surface area (Å²) < 4.78 is 1.48. The molecule has 1 aromatic carbocycles. The molecule has 3 N–H and O–H groups in total. The Morgan fingerprint density at radius 3 is 2.56 bits per heavy atom. The van der Waals surface area contributed by atoms with E-state index in [0.29, 0.717) is 5.69 Å². The van der Waals surface area contributed by atoms with Crippen LogP contribution in [0.3, 0.4) is 0 Å². The van der Waals surface area contributed by atoms with Gasteiger partial charge in [-0.3, -0.25) is 14.4 Å². The van der Waals surface area contributed by atoms with Gasteiger partial charge in [-0.2, -0.15) is 0 Å². The van der Waals surface area contributed by atoms with Crippen LogP contribution in [0.5, 0.6) is 0 Å². The molecule has 0 saturated carbocycles. The molecule has 126 valence electrons. The monoisotopic (exact) mass is 339 g/mol. The predicted molar refractivity (Wildman–Crippen MR) is 87.2 cm³/mol. The predicted octanol–water partition coefficient (Wildman–Crippen LogP) is -0.281. The molecule has 3 rings (SSSR count). The summed E-state index contributed by atoms with van der Waals surface area (Å²) in [6, 6.07) is 9.48. The van der Waals surface area contributed by atoms with Gasteiger partial charge in [0.15, 0.2) is 0 Å². The van der Waals surface area contributed by atoms with Crippen LogP contribution in [0.1, 0.15) is 10.4 Å². The van der Waals surface area contributed by atoms with Gasteiger partial charge in [-0.15, -0.1) is 5.10 Å². The standard InChI is InChI=1S/C15H13N7O3/c23-13-6-1-10(7-16-13)15(25)17-8-14(24)19-11-2-4-12(5-3-11)22-9-18-20-21-22/h1-7,9H,8H2,(H,16,23)(H,17,25)(H,19,24). The summed E-state index contributed by atoms with van der Waals surface area (Å²) in [7, 11) is 0.